The molecule has 4 rings (SSSR count). The predicted octanol–water partition coefficient (Wildman–Crippen LogP) is 5.35. The fourth-order valence-electron chi connectivity index (χ4n) is 4.16. The van der Waals surface area contributed by atoms with Gasteiger partial charge in [0.2, 0.25) is 0 Å². The molecule has 154 valence electrons. The van der Waals surface area contributed by atoms with Gasteiger partial charge in [-0.15, -0.1) is 11.8 Å². The molecule has 0 saturated carbocycles. The number of thioether (sulfide) groups is 1. The number of rotatable bonds is 6. The number of carbonyl (C=O) groups excluding carboxylic acids is 1. The van der Waals surface area contributed by atoms with Crippen LogP contribution in [-0.2, 0) is 0 Å². The number of nitrogens with zero attached hydrogens (tertiary/aromatic N) is 2. The normalized spacial score (nSPS) is 14.8. The number of piperazine rings is 1. The second-order valence-corrected chi connectivity index (χ2v) is 8.79. The largest absolute Gasteiger partial charge is 0.336 e. The molecule has 3 nitrogen and oxygen atoms in total. The number of hydrogen-bond donors (Lipinski definition) is 0. The van der Waals surface area contributed by atoms with Crippen LogP contribution in [0.2, 0.25) is 0 Å². The van der Waals surface area contributed by atoms with Crippen molar-refractivity contribution in [3.8, 4) is 0 Å². The lowest BCUT2D eigenvalue weighted by Crippen LogP contribution is -2.50. The third-order valence-electron chi connectivity index (χ3n) is 5.61. The van der Waals surface area contributed by atoms with E-state index in [1.165, 1.54) is 11.1 Å². The molecular formula is C26H28N2OS. The van der Waals surface area contributed by atoms with Crippen molar-refractivity contribution >= 4 is 17.7 Å². The quantitative estimate of drug-likeness (QED) is 0.506. The van der Waals surface area contributed by atoms with E-state index in [9.17, 15) is 4.79 Å². The van der Waals surface area contributed by atoms with Crippen molar-refractivity contribution in [3.63, 3.8) is 0 Å². The van der Waals surface area contributed by atoms with E-state index in [4.69, 9.17) is 0 Å². The van der Waals surface area contributed by atoms with Gasteiger partial charge in [-0.1, -0.05) is 79.7 Å². The molecule has 0 bridgehead atoms. The molecule has 0 aromatic heterocycles. The Labute approximate surface area is 183 Å². The molecule has 0 radical (unpaired) electrons. The van der Waals surface area contributed by atoms with Crippen LogP contribution in [0.4, 0.5) is 0 Å². The van der Waals surface area contributed by atoms with Crippen LogP contribution in [0.25, 0.3) is 0 Å². The average molecular weight is 417 g/mol. The molecule has 0 atom stereocenters. The molecule has 3 aromatic carbocycles. The van der Waals surface area contributed by atoms with Gasteiger partial charge in [0, 0.05) is 31.1 Å². The zero-order valence-corrected chi connectivity index (χ0v) is 18.2. The summed E-state index contributed by atoms with van der Waals surface area (Å²) in [6, 6.07) is 29.6. The summed E-state index contributed by atoms with van der Waals surface area (Å²) >= 11 is 1.74. The van der Waals surface area contributed by atoms with Crippen LogP contribution < -0.4 is 0 Å². The Morgan fingerprint density at radius 2 is 1.33 bits per heavy atom. The molecule has 1 amide bonds. The fourth-order valence-corrected chi connectivity index (χ4v) is 4.96. The molecule has 1 aliphatic rings. The lowest BCUT2D eigenvalue weighted by atomic mass is 9.96. The van der Waals surface area contributed by atoms with Gasteiger partial charge in [-0.2, -0.15) is 0 Å². The minimum Gasteiger partial charge on any atom is -0.336 e. The first-order chi connectivity index (χ1) is 14.8. The van der Waals surface area contributed by atoms with Crippen molar-refractivity contribution in [1.82, 2.24) is 9.80 Å². The molecular weight excluding hydrogens is 388 g/mol. The number of benzene rings is 3. The van der Waals surface area contributed by atoms with Crippen LogP contribution in [0, 0.1) is 0 Å². The van der Waals surface area contributed by atoms with Crippen molar-refractivity contribution in [2.45, 2.75) is 17.9 Å². The molecule has 0 unspecified atom stereocenters. The Hall–Kier alpha value is -2.56. The first-order valence-electron chi connectivity index (χ1n) is 10.6. The maximum absolute atomic E-state index is 13.2. The maximum atomic E-state index is 13.2. The van der Waals surface area contributed by atoms with E-state index < -0.39 is 0 Å². The highest BCUT2D eigenvalue weighted by Gasteiger charge is 2.29. The molecule has 30 heavy (non-hydrogen) atoms. The molecule has 0 N–H and O–H groups in total. The number of carbonyl (C=O) groups is 1. The second kappa shape index (κ2) is 9.96. The summed E-state index contributed by atoms with van der Waals surface area (Å²) in [7, 11) is 0. The van der Waals surface area contributed by atoms with Gasteiger partial charge in [-0.05, 0) is 29.0 Å². The zero-order valence-electron chi connectivity index (χ0n) is 17.4. The Morgan fingerprint density at radius 1 is 0.800 bits per heavy atom. The number of amides is 1. The van der Waals surface area contributed by atoms with E-state index in [2.05, 4.69) is 78.6 Å². The average Bonchev–Trinajstić information content (AvgIpc) is 2.81. The molecule has 1 saturated heterocycles. The topological polar surface area (TPSA) is 23.6 Å². The molecule has 0 spiro atoms. The summed E-state index contributed by atoms with van der Waals surface area (Å²) in [6.07, 6.45) is 0. The van der Waals surface area contributed by atoms with Gasteiger partial charge >= 0.3 is 0 Å². The van der Waals surface area contributed by atoms with Crippen molar-refractivity contribution in [2.24, 2.45) is 0 Å². The van der Waals surface area contributed by atoms with Gasteiger partial charge in [0.05, 0.1) is 11.6 Å². The molecule has 1 heterocycles. The molecule has 3 aromatic rings. The first-order valence-corrected chi connectivity index (χ1v) is 11.6. The van der Waals surface area contributed by atoms with Crippen molar-refractivity contribution < 1.29 is 4.79 Å². The van der Waals surface area contributed by atoms with E-state index in [0.29, 0.717) is 0 Å². The highest BCUT2D eigenvalue weighted by molar-refractivity contribution is 7.99. The first kappa shape index (κ1) is 20.7. The van der Waals surface area contributed by atoms with Crippen LogP contribution in [0.1, 0.15) is 34.5 Å². The summed E-state index contributed by atoms with van der Waals surface area (Å²) < 4.78 is 0. The minimum absolute atomic E-state index is 0.155. The van der Waals surface area contributed by atoms with Gasteiger partial charge in [0.1, 0.15) is 0 Å². The molecule has 1 fully saturated rings. The van der Waals surface area contributed by atoms with Gasteiger partial charge in [0.15, 0.2) is 0 Å². The summed E-state index contributed by atoms with van der Waals surface area (Å²) in [5.74, 6) is 1.12. The third kappa shape index (κ3) is 4.61. The Balaban J connectivity index is 1.51. The zero-order chi connectivity index (χ0) is 20.8. The molecule has 1 aliphatic heterocycles. The van der Waals surface area contributed by atoms with Crippen LogP contribution >= 0.6 is 11.8 Å². The van der Waals surface area contributed by atoms with Gasteiger partial charge < -0.3 is 4.90 Å². The summed E-state index contributed by atoms with van der Waals surface area (Å²) in [5, 5.41) is 0. The van der Waals surface area contributed by atoms with Crippen molar-refractivity contribution in [1.29, 1.82) is 0 Å². The predicted molar refractivity (Wildman–Crippen MR) is 125 cm³/mol. The SMILES string of the molecule is CCSc1ccccc1C(=O)N1CCN(C(c2ccccc2)c2ccccc2)CC1. The monoisotopic (exact) mass is 416 g/mol. The summed E-state index contributed by atoms with van der Waals surface area (Å²) in [4.78, 5) is 18.8. The van der Waals surface area contributed by atoms with Crippen LogP contribution in [0.15, 0.2) is 89.8 Å². The van der Waals surface area contributed by atoms with Crippen molar-refractivity contribution in [3.05, 3.63) is 102 Å². The van der Waals surface area contributed by atoms with Crippen LogP contribution in [0.5, 0.6) is 0 Å². The van der Waals surface area contributed by atoms with E-state index >= 15 is 0 Å². The number of hydrogen-bond acceptors (Lipinski definition) is 3. The van der Waals surface area contributed by atoms with E-state index in [1.54, 1.807) is 11.8 Å². The summed E-state index contributed by atoms with van der Waals surface area (Å²) in [5.41, 5.74) is 3.43. The molecule has 4 heteroatoms. The van der Waals surface area contributed by atoms with Crippen LogP contribution in [0.3, 0.4) is 0 Å². The maximum Gasteiger partial charge on any atom is 0.255 e. The highest BCUT2D eigenvalue weighted by Crippen LogP contribution is 2.30. The highest BCUT2D eigenvalue weighted by atomic mass is 32.2. The van der Waals surface area contributed by atoms with Crippen molar-refractivity contribution in [2.75, 3.05) is 31.9 Å². The lowest BCUT2D eigenvalue weighted by Gasteiger charge is -2.40. The second-order valence-electron chi connectivity index (χ2n) is 7.48. The Kier molecular flexibility index (Phi) is 6.88. The van der Waals surface area contributed by atoms with E-state index in [-0.39, 0.29) is 11.9 Å². The van der Waals surface area contributed by atoms with E-state index in [1.807, 2.05) is 23.1 Å². The van der Waals surface area contributed by atoms with Gasteiger partial charge in [0.25, 0.3) is 5.91 Å². The molecule has 0 aliphatic carbocycles. The minimum atomic E-state index is 0.155. The van der Waals surface area contributed by atoms with Gasteiger partial charge in [-0.3, -0.25) is 9.69 Å². The standard InChI is InChI=1S/C26H28N2OS/c1-2-30-24-16-10-9-15-23(24)26(29)28-19-17-27(18-20-28)25(21-11-5-3-6-12-21)22-13-7-4-8-14-22/h3-16,25H,2,17-20H2,1H3. The smallest absolute Gasteiger partial charge is 0.255 e. The Morgan fingerprint density at radius 3 is 1.90 bits per heavy atom. The van der Waals surface area contributed by atoms with Gasteiger partial charge in [-0.25, -0.2) is 0 Å². The van der Waals surface area contributed by atoms with E-state index in [0.717, 1.165) is 42.4 Å². The Bertz CT molecular complexity index is 914. The fraction of sp³-hybridized carbons (Fsp3) is 0.269. The lowest BCUT2D eigenvalue weighted by molar-refractivity contribution is 0.0594. The summed E-state index contributed by atoms with van der Waals surface area (Å²) in [6.45, 7) is 5.35. The third-order valence-corrected chi connectivity index (χ3v) is 6.57. The van der Waals surface area contributed by atoms with Crippen LogP contribution in [-0.4, -0.2) is 47.6 Å².